The summed E-state index contributed by atoms with van der Waals surface area (Å²) in [5.74, 6) is 1.04. The molecule has 76 valence electrons. The lowest BCUT2D eigenvalue weighted by Gasteiger charge is -2.14. The van der Waals surface area contributed by atoms with E-state index < -0.39 is 0 Å². The summed E-state index contributed by atoms with van der Waals surface area (Å²) in [6.07, 6.45) is 5.06. The quantitative estimate of drug-likeness (QED) is 0.733. The number of nitrogens with zero attached hydrogens (tertiary/aromatic N) is 2. The molecule has 0 saturated heterocycles. The average Bonchev–Trinajstić information content (AvgIpc) is 2.63. The van der Waals surface area contributed by atoms with Crippen LogP contribution in [0.3, 0.4) is 0 Å². The maximum atomic E-state index is 5.35. The number of anilines is 1. The van der Waals surface area contributed by atoms with E-state index in [0.717, 1.165) is 32.0 Å². The Bertz CT molecular complexity index is 330. The van der Waals surface area contributed by atoms with Gasteiger partial charge in [-0.05, 0) is 12.0 Å². The van der Waals surface area contributed by atoms with Crippen LogP contribution in [0.4, 0.5) is 5.82 Å². The minimum absolute atomic E-state index is 0.755. The lowest BCUT2D eigenvalue weighted by atomic mass is 10.2. The molecular weight excluding hydrogens is 178 g/mol. The van der Waals surface area contributed by atoms with Gasteiger partial charge in [0.25, 0.3) is 0 Å². The van der Waals surface area contributed by atoms with Gasteiger partial charge in [0, 0.05) is 19.7 Å². The molecule has 1 aliphatic heterocycles. The van der Waals surface area contributed by atoms with Gasteiger partial charge < -0.3 is 10.1 Å². The highest BCUT2D eigenvalue weighted by Gasteiger charge is 2.04. The van der Waals surface area contributed by atoms with E-state index >= 15 is 0 Å². The Kier molecular flexibility index (Phi) is 2.84. The number of nitrogens with one attached hydrogen (secondary N) is 1. The lowest BCUT2D eigenvalue weighted by Crippen LogP contribution is -2.15. The van der Waals surface area contributed by atoms with E-state index in [2.05, 4.69) is 16.5 Å². The van der Waals surface area contributed by atoms with Crippen LogP contribution in [0.25, 0.3) is 0 Å². The van der Waals surface area contributed by atoms with Crippen molar-refractivity contribution < 1.29 is 4.74 Å². The summed E-state index contributed by atoms with van der Waals surface area (Å²) in [4.78, 5) is 0. The Morgan fingerprint density at radius 3 is 3.21 bits per heavy atom. The van der Waals surface area contributed by atoms with Crippen molar-refractivity contribution in [1.82, 2.24) is 9.78 Å². The molecule has 1 aromatic heterocycles. The van der Waals surface area contributed by atoms with Crippen LogP contribution in [-0.4, -0.2) is 29.5 Å². The fraction of sp³-hybridized carbons (Fsp3) is 0.500. The van der Waals surface area contributed by atoms with Crippen LogP contribution < -0.4 is 5.32 Å². The number of ether oxygens (including phenoxy) is 1. The Balaban J connectivity index is 1.88. The zero-order valence-electron chi connectivity index (χ0n) is 8.36. The monoisotopic (exact) mass is 193 g/mol. The Morgan fingerprint density at radius 1 is 1.64 bits per heavy atom. The van der Waals surface area contributed by atoms with Crippen LogP contribution >= 0.6 is 0 Å². The number of aryl methyl sites for hydroxylation is 1. The van der Waals surface area contributed by atoms with E-state index in [9.17, 15) is 0 Å². The molecule has 1 aromatic rings. The van der Waals surface area contributed by atoms with Crippen molar-refractivity contribution in [3.63, 3.8) is 0 Å². The highest BCUT2D eigenvalue weighted by molar-refractivity contribution is 5.35. The molecule has 0 fully saturated rings. The first-order valence-corrected chi connectivity index (χ1v) is 4.84. The molecule has 0 atom stereocenters. The summed E-state index contributed by atoms with van der Waals surface area (Å²) in [7, 11) is 1.92. The van der Waals surface area contributed by atoms with E-state index in [1.54, 1.807) is 6.20 Å². The van der Waals surface area contributed by atoms with Gasteiger partial charge in [0.05, 0.1) is 19.4 Å². The highest BCUT2D eigenvalue weighted by Crippen LogP contribution is 2.08. The average molecular weight is 193 g/mol. The summed E-state index contributed by atoms with van der Waals surface area (Å²) < 4.78 is 7.18. The zero-order chi connectivity index (χ0) is 9.80. The highest BCUT2D eigenvalue weighted by atomic mass is 16.5. The SMILES string of the molecule is Cn1nccc1NCC1=CCCOC1. The third-order valence-corrected chi connectivity index (χ3v) is 2.30. The molecular formula is C10H15N3O. The van der Waals surface area contributed by atoms with Crippen LogP contribution in [0.15, 0.2) is 23.9 Å². The van der Waals surface area contributed by atoms with Crippen molar-refractivity contribution >= 4 is 5.82 Å². The minimum Gasteiger partial charge on any atom is -0.377 e. The molecule has 0 saturated carbocycles. The van der Waals surface area contributed by atoms with Gasteiger partial charge in [-0.3, -0.25) is 4.68 Å². The van der Waals surface area contributed by atoms with Gasteiger partial charge in [0.2, 0.25) is 0 Å². The first-order valence-electron chi connectivity index (χ1n) is 4.84. The number of aromatic nitrogens is 2. The molecule has 0 amide bonds. The smallest absolute Gasteiger partial charge is 0.124 e. The third-order valence-electron chi connectivity index (χ3n) is 2.30. The molecule has 1 N–H and O–H groups in total. The van der Waals surface area contributed by atoms with Crippen molar-refractivity contribution in [2.24, 2.45) is 7.05 Å². The Labute approximate surface area is 83.6 Å². The van der Waals surface area contributed by atoms with E-state index in [-0.39, 0.29) is 0 Å². The van der Waals surface area contributed by atoms with Crippen molar-refractivity contribution in [2.75, 3.05) is 25.1 Å². The second-order valence-electron chi connectivity index (χ2n) is 3.40. The first-order chi connectivity index (χ1) is 6.86. The molecule has 0 radical (unpaired) electrons. The van der Waals surface area contributed by atoms with Crippen LogP contribution in [0.1, 0.15) is 6.42 Å². The fourth-order valence-electron chi connectivity index (χ4n) is 1.48. The van der Waals surface area contributed by atoms with Crippen LogP contribution in [0.5, 0.6) is 0 Å². The second-order valence-corrected chi connectivity index (χ2v) is 3.40. The molecule has 4 heteroatoms. The van der Waals surface area contributed by atoms with Gasteiger partial charge in [-0.25, -0.2) is 0 Å². The van der Waals surface area contributed by atoms with E-state index in [1.807, 2.05) is 17.8 Å². The molecule has 14 heavy (non-hydrogen) atoms. The van der Waals surface area contributed by atoms with Gasteiger partial charge in [0.15, 0.2) is 0 Å². The van der Waals surface area contributed by atoms with Crippen LogP contribution in [0.2, 0.25) is 0 Å². The molecule has 0 unspecified atom stereocenters. The van der Waals surface area contributed by atoms with Gasteiger partial charge >= 0.3 is 0 Å². The van der Waals surface area contributed by atoms with Gasteiger partial charge in [-0.15, -0.1) is 0 Å². The largest absolute Gasteiger partial charge is 0.377 e. The van der Waals surface area contributed by atoms with Crippen LogP contribution in [0, 0.1) is 0 Å². The maximum Gasteiger partial charge on any atom is 0.124 e. The predicted molar refractivity (Wildman–Crippen MR) is 55.2 cm³/mol. The Hall–Kier alpha value is -1.29. The molecule has 0 spiro atoms. The van der Waals surface area contributed by atoms with Gasteiger partial charge in [-0.1, -0.05) is 6.08 Å². The second kappa shape index (κ2) is 4.28. The summed E-state index contributed by atoms with van der Waals surface area (Å²) in [6.45, 7) is 2.46. The molecule has 0 aromatic carbocycles. The van der Waals surface area contributed by atoms with E-state index in [0.29, 0.717) is 0 Å². The standard InChI is InChI=1S/C10H15N3O/c1-13-10(4-5-12-13)11-7-9-3-2-6-14-8-9/h3-5,11H,2,6-8H2,1H3. The Morgan fingerprint density at radius 2 is 2.57 bits per heavy atom. The molecule has 1 aliphatic rings. The molecule has 2 heterocycles. The van der Waals surface area contributed by atoms with Crippen LogP contribution in [-0.2, 0) is 11.8 Å². The summed E-state index contributed by atoms with van der Waals surface area (Å²) >= 11 is 0. The number of hydrogen-bond acceptors (Lipinski definition) is 3. The first kappa shape index (κ1) is 9.27. The summed E-state index contributed by atoms with van der Waals surface area (Å²) in [5, 5.41) is 7.40. The molecule has 2 rings (SSSR count). The van der Waals surface area contributed by atoms with E-state index in [4.69, 9.17) is 4.74 Å². The third kappa shape index (κ3) is 2.14. The normalized spacial score (nSPS) is 16.5. The zero-order valence-corrected chi connectivity index (χ0v) is 8.36. The fourth-order valence-corrected chi connectivity index (χ4v) is 1.48. The lowest BCUT2D eigenvalue weighted by molar-refractivity contribution is 0.150. The minimum atomic E-state index is 0.755. The molecule has 4 nitrogen and oxygen atoms in total. The summed E-state index contributed by atoms with van der Waals surface area (Å²) in [5.41, 5.74) is 1.32. The topological polar surface area (TPSA) is 39.1 Å². The summed E-state index contributed by atoms with van der Waals surface area (Å²) in [6, 6.07) is 1.96. The van der Waals surface area contributed by atoms with E-state index in [1.165, 1.54) is 5.57 Å². The van der Waals surface area contributed by atoms with Crippen molar-refractivity contribution in [1.29, 1.82) is 0 Å². The van der Waals surface area contributed by atoms with Crippen molar-refractivity contribution in [3.8, 4) is 0 Å². The van der Waals surface area contributed by atoms with Crippen molar-refractivity contribution in [3.05, 3.63) is 23.9 Å². The predicted octanol–water partition coefficient (Wildman–Crippen LogP) is 1.18. The molecule has 0 aliphatic carbocycles. The van der Waals surface area contributed by atoms with Crippen molar-refractivity contribution in [2.45, 2.75) is 6.42 Å². The number of hydrogen-bond donors (Lipinski definition) is 1. The maximum absolute atomic E-state index is 5.35. The van der Waals surface area contributed by atoms with Gasteiger partial charge in [0.1, 0.15) is 5.82 Å². The number of rotatable bonds is 3. The molecule has 0 bridgehead atoms. The van der Waals surface area contributed by atoms with Gasteiger partial charge in [-0.2, -0.15) is 5.10 Å².